The van der Waals surface area contributed by atoms with Gasteiger partial charge >= 0.3 is 0 Å². The lowest BCUT2D eigenvalue weighted by molar-refractivity contribution is -0.140. The summed E-state index contributed by atoms with van der Waals surface area (Å²) in [5.41, 5.74) is 5.35. The smallest absolute Gasteiger partial charge is 0.240 e. The third-order valence-corrected chi connectivity index (χ3v) is 3.82. The van der Waals surface area contributed by atoms with E-state index in [1.165, 1.54) is 0 Å². The Labute approximate surface area is 113 Å². The van der Waals surface area contributed by atoms with Gasteiger partial charge in [0.05, 0.1) is 12.6 Å². The predicted molar refractivity (Wildman–Crippen MR) is 70.4 cm³/mol. The highest BCUT2D eigenvalue weighted by molar-refractivity contribution is 5.87. The zero-order valence-corrected chi connectivity index (χ0v) is 11.3. The maximum Gasteiger partial charge on any atom is 0.240 e. The molecule has 0 radical (unpaired) electrons. The fourth-order valence-corrected chi connectivity index (χ4v) is 2.77. The van der Waals surface area contributed by atoms with Gasteiger partial charge in [-0.1, -0.05) is 0 Å². The summed E-state index contributed by atoms with van der Waals surface area (Å²) in [6.45, 7) is 2.40. The van der Waals surface area contributed by atoms with Gasteiger partial charge in [-0.3, -0.25) is 9.59 Å². The Morgan fingerprint density at radius 2 is 2.11 bits per heavy atom. The number of nitrogens with zero attached hydrogens (tertiary/aromatic N) is 1. The average molecular weight is 269 g/mol. The number of nitrogens with one attached hydrogen (secondary N) is 1. The molecule has 3 N–H and O–H groups in total. The molecule has 0 aromatic carbocycles. The topological polar surface area (TPSA) is 84.7 Å². The lowest BCUT2D eigenvalue weighted by atomic mass is 10.0. The summed E-state index contributed by atoms with van der Waals surface area (Å²) in [6, 6.07) is -0.425. The first kappa shape index (κ1) is 14.3. The van der Waals surface area contributed by atoms with E-state index in [2.05, 4.69) is 5.32 Å². The number of ether oxygens (including phenoxy) is 1. The number of likely N-dealkylation sites (tertiary alicyclic amines) is 1. The maximum atomic E-state index is 12.1. The fourth-order valence-electron chi connectivity index (χ4n) is 2.77. The Morgan fingerprint density at radius 3 is 2.79 bits per heavy atom. The first-order valence-electron chi connectivity index (χ1n) is 7.09. The highest BCUT2D eigenvalue weighted by Gasteiger charge is 2.30. The van der Waals surface area contributed by atoms with Crippen molar-refractivity contribution in [2.75, 3.05) is 26.2 Å². The number of carbonyl (C=O) groups excluding carboxylic acids is 2. The van der Waals surface area contributed by atoms with Crippen LogP contribution in [-0.2, 0) is 14.3 Å². The molecule has 2 unspecified atom stereocenters. The lowest BCUT2D eigenvalue weighted by Crippen LogP contribution is -2.53. The molecule has 2 rings (SSSR count). The van der Waals surface area contributed by atoms with E-state index in [0.29, 0.717) is 19.5 Å². The Kier molecular flexibility index (Phi) is 5.15. The van der Waals surface area contributed by atoms with Crippen molar-refractivity contribution >= 4 is 11.8 Å². The van der Waals surface area contributed by atoms with Crippen molar-refractivity contribution in [2.24, 2.45) is 5.73 Å². The van der Waals surface area contributed by atoms with E-state index < -0.39 is 11.9 Å². The van der Waals surface area contributed by atoms with Crippen LogP contribution in [-0.4, -0.2) is 55.1 Å². The van der Waals surface area contributed by atoms with Crippen molar-refractivity contribution < 1.29 is 14.3 Å². The summed E-state index contributed by atoms with van der Waals surface area (Å²) in [4.78, 5) is 25.1. The van der Waals surface area contributed by atoms with Crippen LogP contribution >= 0.6 is 0 Å². The molecule has 108 valence electrons. The molecule has 0 bridgehead atoms. The van der Waals surface area contributed by atoms with Crippen LogP contribution in [0.1, 0.15) is 32.1 Å². The van der Waals surface area contributed by atoms with Crippen molar-refractivity contribution in [2.45, 2.75) is 44.2 Å². The molecule has 6 heteroatoms. The molecule has 2 saturated heterocycles. The standard InChI is InChI=1S/C13H23N3O3/c14-13(18)11-5-1-2-6-16(11)12(17)9-15-8-10-4-3-7-19-10/h10-11,15H,1-9H2,(H2,14,18). The summed E-state index contributed by atoms with van der Waals surface area (Å²) >= 11 is 0. The summed E-state index contributed by atoms with van der Waals surface area (Å²) < 4.78 is 5.48. The highest BCUT2D eigenvalue weighted by Crippen LogP contribution is 2.16. The van der Waals surface area contributed by atoms with Crippen molar-refractivity contribution in [1.82, 2.24) is 10.2 Å². The largest absolute Gasteiger partial charge is 0.377 e. The SMILES string of the molecule is NC(=O)C1CCCCN1C(=O)CNCC1CCCO1. The number of hydrogen-bond acceptors (Lipinski definition) is 4. The molecule has 0 saturated carbocycles. The van der Waals surface area contributed by atoms with E-state index in [0.717, 1.165) is 32.3 Å². The minimum Gasteiger partial charge on any atom is -0.377 e. The normalized spacial score (nSPS) is 27.5. The molecule has 2 heterocycles. The van der Waals surface area contributed by atoms with Crippen LogP contribution in [0.4, 0.5) is 0 Å². The second-order valence-electron chi connectivity index (χ2n) is 5.27. The number of carbonyl (C=O) groups is 2. The molecule has 2 aliphatic heterocycles. The van der Waals surface area contributed by atoms with E-state index >= 15 is 0 Å². The predicted octanol–water partition coefficient (Wildman–Crippen LogP) is -0.379. The molecule has 19 heavy (non-hydrogen) atoms. The number of primary amides is 1. The van der Waals surface area contributed by atoms with E-state index in [9.17, 15) is 9.59 Å². The van der Waals surface area contributed by atoms with Gasteiger partial charge in [0.25, 0.3) is 0 Å². The molecule has 2 fully saturated rings. The minimum absolute atomic E-state index is 0.0403. The molecular formula is C13H23N3O3. The first-order valence-corrected chi connectivity index (χ1v) is 7.09. The van der Waals surface area contributed by atoms with Crippen molar-refractivity contribution in [3.8, 4) is 0 Å². The van der Waals surface area contributed by atoms with Crippen LogP contribution < -0.4 is 11.1 Å². The van der Waals surface area contributed by atoms with Gasteiger partial charge in [-0.2, -0.15) is 0 Å². The number of amides is 2. The number of nitrogens with two attached hydrogens (primary N) is 1. The van der Waals surface area contributed by atoms with Gasteiger partial charge in [-0.05, 0) is 32.1 Å². The van der Waals surface area contributed by atoms with Gasteiger partial charge in [0.2, 0.25) is 11.8 Å². The van der Waals surface area contributed by atoms with E-state index in [1.807, 2.05) is 0 Å². The summed E-state index contributed by atoms with van der Waals surface area (Å²) in [7, 11) is 0. The summed E-state index contributed by atoms with van der Waals surface area (Å²) in [5, 5.41) is 3.12. The van der Waals surface area contributed by atoms with Crippen molar-refractivity contribution in [3.63, 3.8) is 0 Å². The molecule has 2 amide bonds. The first-order chi connectivity index (χ1) is 9.18. The van der Waals surface area contributed by atoms with Crippen LogP contribution in [0.5, 0.6) is 0 Å². The second-order valence-corrected chi connectivity index (χ2v) is 5.27. The molecule has 6 nitrogen and oxygen atoms in total. The Morgan fingerprint density at radius 1 is 1.26 bits per heavy atom. The van der Waals surface area contributed by atoms with E-state index in [-0.39, 0.29) is 18.6 Å². The van der Waals surface area contributed by atoms with Gasteiger partial charge < -0.3 is 20.7 Å². The molecule has 0 spiro atoms. The lowest BCUT2D eigenvalue weighted by Gasteiger charge is -2.33. The van der Waals surface area contributed by atoms with E-state index in [1.54, 1.807) is 4.90 Å². The molecule has 0 aromatic heterocycles. The van der Waals surface area contributed by atoms with Crippen molar-refractivity contribution in [3.05, 3.63) is 0 Å². The van der Waals surface area contributed by atoms with Crippen LogP contribution in [0, 0.1) is 0 Å². The Hall–Kier alpha value is -1.14. The average Bonchev–Trinajstić information content (AvgIpc) is 2.91. The molecule has 0 aliphatic carbocycles. The summed E-state index contributed by atoms with van der Waals surface area (Å²) in [6.07, 6.45) is 4.96. The van der Waals surface area contributed by atoms with Crippen LogP contribution in [0.2, 0.25) is 0 Å². The zero-order chi connectivity index (χ0) is 13.7. The second kappa shape index (κ2) is 6.86. The van der Waals surface area contributed by atoms with Crippen LogP contribution in [0.3, 0.4) is 0 Å². The Bertz CT molecular complexity index is 329. The third-order valence-electron chi connectivity index (χ3n) is 3.82. The molecule has 0 aromatic rings. The fraction of sp³-hybridized carbons (Fsp3) is 0.846. The summed E-state index contributed by atoms with van der Waals surface area (Å²) in [5.74, 6) is -0.436. The quantitative estimate of drug-likeness (QED) is 0.712. The third kappa shape index (κ3) is 3.91. The van der Waals surface area contributed by atoms with E-state index in [4.69, 9.17) is 10.5 Å². The Balaban J connectivity index is 1.75. The number of piperidine rings is 1. The van der Waals surface area contributed by atoms with Gasteiger partial charge in [-0.25, -0.2) is 0 Å². The van der Waals surface area contributed by atoms with Crippen molar-refractivity contribution in [1.29, 1.82) is 0 Å². The van der Waals surface area contributed by atoms with Crippen LogP contribution in [0.25, 0.3) is 0 Å². The number of hydrogen-bond donors (Lipinski definition) is 2. The maximum absolute atomic E-state index is 12.1. The molecule has 2 atom stereocenters. The zero-order valence-electron chi connectivity index (χ0n) is 11.3. The molecular weight excluding hydrogens is 246 g/mol. The van der Waals surface area contributed by atoms with Gasteiger partial charge in [0.15, 0.2) is 0 Å². The highest BCUT2D eigenvalue weighted by atomic mass is 16.5. The monoisotopic (exact) mass is 269 g/mol. The van der Waals surface area contributed by atoms with Crippen LogP contribution in [0.15, 0.2) is 0 Å². The van der Waals surface area contributed by atoms with Gasteiger partial charge in [-0.15, -0.1) is 0 Å². The molecule has 2 aliphatic rings. The van der Waals surface area contributed by atoms with Gasteiger partial charge in [0, 0.05) is 19.7 Å². The number of rotatable bonds is 5. The minimum atomic E-state index is -0.425. The van der Waals surface area contributed by atoms with Gasteiger partial charge in [0.1, 0.15) is 6.04 Å².